The van der Waals surface area contributed by atoms with Gasteiger partial charge in [0, 0.05) is 6.61 Å². The number of nitrogens with one attached hydrogen (secondary N) is 2. The number of anilines is 1. The molecule has 7 nitrogen and oxygen atoms in total. The highest BCUT2D eigenvalue weighted by Crippen LogP contribution is 2.16. The second kappa shape index (κ2) is 7.56. The van der Waals surface area contributed by atoms with E-state index in [1.54, 1.807) is 24.3 Å². The highest BCUT2D eigenvalue weighted by molar-refractivity contribution is 6.02. The zero-order valence-electron chi connectivity index (χ0n) is 12.3. The first-order valence-electron chi connectivity index (χ1n) is 6.98. The summed E-state index contributed by atoms with van der Waals surface area (Å²) >= 11 is 0. The van der Waals surface area contributed by atoms with E-state index in [0.717, 1.165) is 6.42 Å². The molecule has 1 unspecified atom stereocenters. The normalized spacial score (nSPS) is 16.9. The monoisotopic (exact) mass is 306 g/mol. The van der Waals surface area contributed by atoms with E-state index >= 15 is 0 Å². The minimum Gasteiger partial charge on any atom is -0.465 e. The fourth-order valence-corrected chi connectivity index (χ4v) is 2.14. The first kappa shape index (κ1) is 16.0. The van der Waals surface area contributed by atoms with Crippen molar-refractivity contribution in [3.05, 3.63) is 29.8 Å². The summed E-state index contributed by atoms with van der Waals surface area (Å²) in [6.07, 6.45) is 1.03. The van der Waals surface area contributed by atoms with Crippen LogP contribution in [0.15, 0.2) is 24.3 Å². The van der Waals surface area contributed by atoms with Crippen molar-refractivity contribution in [1.29, 1.82) is 0 Å². The predicted octanol–water partition coefficient (Wildman–Crippen LogP) is 0.707. The Balaban J connectivity index is 1.89. The summed E-state index contributed by atoms with van der Waals surface area (Å²) in [5.41, 5.74) is 0.592. The molecule has 1 heterocycles. The molecule has 0 aromatic heterocycles. The molecule has 1 aliphatic heterocycles. The van der Waals surface area contributed by atoms with Crippen LogP contribution < -0.4 is 10.6 Å². The van der Waals surface area contributed by atoms with Crippen molar-refractivity contribution < 1.29 is 23.9 Å². The molecule has 1 fully saturated rings. The average molecular weight is 306 g/mol. The number of carbonyl (C=O) groups excluding carboxylic acids is 3. The summed E-state index contributed by atoms with van der Waals surface area (Å²) < 4.78 is 9.87. The van der Waals surface area contributed by atoms with Crippen molar-refractivity contribution >= 4 is 23.5 Å². The molecule has 2 rings (SSSR count). The number of para-hydroxylation sites is 1. The van der Waals surface area contributed by atoms with E-state index in [-0.39, 0.29) is 18.0 Å². The molecule has 1 aliphatic rings. The SMILES string of the molecule is COC(=O)c1ccccc1NC(=O)CNC(=O)C1CCCO1. The highest BCUT2D eigenvalue weighted by Gasteiger charge is 2.23. The highest BCUT2D eigenvalue weighted by atomic mass is 16.5. The van der Waals surface area contributed by atoms with Gasteiger partial charge in [-0.15, -0.1) is 0 Å². The second-order valence-electron chi connectivity index (χ2n) is 4.80. The Labute approximate surface area is 128 Å². The van der Waals surface area contributed by atoms with E-state index in [2.05, 4.69) is 15.4 Å². The van der Waals surface area contributed by atoms with Crippen molar-refractivity contribution in [2.24, 2.45) is 0 Å². The summed E-state index contributed by atoms with van der Waals surface area (Å²) in [5, 5.41) is 5.09. The van der Waals surface area contributed by atoms with Crippen LogP contribution in [0, 0.1) is 0 Å². The molecule has 0 radical (unpaired) electrons. The summed E-state index contributed by atoms with van der Waals surface area (Å²) in [5.74, 6) is -1.27. The molecular formula is C15H18N2O5. The number of benzene rings is 1. The van der Waals surface area contributed by atoms with E-state index < -0.39 is 18.0 Å². The molecule has 1 aromatic rings. The molecule has 2 amide bonds. The zero-order valence-corrected chi connectivity index (χ0v) is 12.3. The molecule has 7 heteroatoms. The quantitative estimate of drug-likeness (QED) is 0.781. The van der Waals surface area contributed by atoms with Crippen molar-refractivity contribution in [1.82, 2.24) is 5.32 Å². The van der Waals surface area contributed by atoms with Gasteiger partial charge in [0.15, 0.2) is 0 Å². The Hall–Kier alpha value is -2.41. The van der Waals surface area contributed by atoms with Gasteiger partial charge in [0.2, 0.25) is 11.8 Å². The van der Waals surface area contributed by atoms with Crippen LogP contribution in [-0.4, -0.2) is 44.1 Å². The fraction of sp³-hybridized carbons (Fsp3) is 0.400. The largest absolute Gasteiger partial charge is 0.465 e. The number of ether oxygens (including phenoxy) is 2. The molecule has 2 N–H and O–H groups in total. The zero-order chi connectivity index (χ0) is 15.9. The van der Waals surface area contributed by atoms with Gasteiger partial charge < -0.3 is 20.1 Å². The minimum absolute atomic E-state index is 0.186. The Kier molecular flexibility index (Phi) is 5.48. The summed E-state index contributed by atoms with van der Waals surface area (Å²) in [4.78, 5) is 35.2. The van der Waals surface area contributed by atoms with E-state index in [9.17, 15) is 14.4 Å². The molecule has 0 aliphatic carbocycles. The lowest BCUT2D eigenvalue weighted by Gasteiger charge is -2.12. The number of amides is 2. The van der Waals surface area contributed by atoms with Gasteiger partial charge in [-0.1, -0.05) is 12.1 Å². The van der Waals surface area contributed by atoms with Gasteiger partial charge in [0.05, 0.1) is 24.9 Å². The van der Waals surface area contributed by atoms with Gasteiger partial charge in [-0.2, -0.15) is 0 Å². The lowest BCUT2D eigenvalue weighted by Crippen LogP contribution is -2.39. The minimum atomic E-state index is -0.542. The number of carbonyl (C=O) groups is 3. The Morgan fingerprint density at radius 3 is 2.77 bits per heavy atom. The van der Waals surface area contributed by atoms with Crippen LogP contribution in [0.4, 0.5) is 5.69 Å². The Morgan fingerprint density at radius 1 is 1.32 bits per heavy atom. The van der Waals surface area contributed by atoms with Gasteiger partial charge >= 0.3 is 5.97 Å². The van der Waals surface area contributed by atoms with Gasteiger partial charge in [0.25, 0.3) is 0 Å². The summed E-state index contributed by atoms with van der Waals surface area (Å²) in [6.45, 7) is 0.380. The maximum atomic E-state index is 11.9. The maximum Gasteiger partial charge on any atom is 0.339 e. The third kappa shape index (κ3) is 4.05. The first-order chi connectivity index (χ1) is 10.6. The van der Waals surface area contributed by atoms with Crippen LogP contribution in [0.1, 0.15) is 23.2 Å². The molecule has 1 atom stereocenters. The number of hydrogen-bond donors (Lipinski definition) is 2. The van der Waals surface area contributed by atoms with Gasteiger partial charge in [-0.05, 0) is 25.0 Å². The third-order valence-electron chi connectivity index (χ3n) is 3.25. The molecule has 0 bridgehead atoms. The van der Waals surface area contributed by atoms with Crippen LogP contribution >= 0.6 is 0 Å². The summed E-state index contributed by atoms with van der Waals surface area (Å²) in [7, 11) is 1.27. The van der Waals surface area contributed by atoms with Crippen molar-refractivity contribution in [3.63, 3.8) is 0 Å². The first-order valence-corrected chi connectivity index (χ1v) is 6.98. The van der Waals surface area contributed by atoms with Crippen LogP contribution in [0.2, 0.25) is 0 Å². The molecule has 118 valence electrons. The smallest absolute Gasteiger partial charge is 0.339 e. The van der Waals surface area contributed by atoms with Gasteiger partial charge in [-0.25, -0.2) is 4.79 Å². The summed E-state index contributed by atoms with van der Waals surface area (Å²) in [6, 6.07) is 6.49. The number of hydrogen-bond acceptors (Lipinski definition) is 5. The molecule has 22 heavy (non-hydrogen) atoms. The van der Waals surface area contributed by atoms with Crippen LogP contribution in [-0.2, 0) is 19.1 Å². The number of esters is 1. The van der Waals surface area contributed by atoms with E-state index in [4.69, 9.17) is 4.74 Å². The van der Waals surface area contributed by atoms with Crippen molar-refractivity contribution in [2.75, 3.05) is 25.6 Å². The van der Waals surface area contributed by atoms with E-state index in [0.29, 0.717) is 18.7 Å². The average Bonchev–Trinajstić information content (AvgIpc) is 3.07. The Bertz CT molecular complexity index is 567. The molecular weight excluding hydrogens is 288 g/mol. The topological polar surface area (TPSA) is 93.7 Å². The molecule has 1 aromatic carbocycles. The Morgan fingerprint density at radius 2 is 2.09 bits per heavy atom. The van der Waals surface area contributed by atoms with Crippen molar-refractivity contribution in [2.45, 2.75) is 18.9 Å². The van der Waals surface area contributed by atoms with Crippen LogP contribution in [0.5, 0.6) is 0 Å². The van der Waals surface area contributed by atoms with Crippen LogP contribution in [0.25, 0.3) is 0 Å². The van der Waals surface area contributed by atoms with Gasteiger partial charge in [0.1, 0.15) is 6.10 Å². The number of methoxy groups -OCH3 is 1. The van der Waals surface area contributed by atoms with E-state index in [1.807, 2.05) is 0 Å². The van der Waals surface area contributed by atoms with Crippen LogP contribution in [0.3, 0.4) is 0 Å². The molecule has 0 spiro atoms. The standard InChI is InChI=1S/C15H18N2O5/c1-21-15(20)10-5-2-3-6-11(10)17-13(18)9-16-14(19)12-7-4-8-22-12/h2-3,5-6,12H,4,7-9H2,1H3,(H,16,19)(H,17,18). The fourth-order valence-electron chi connectivity index (χ4n) is 2.14. The second-order valence-corrected chi connectivity index (χ2v) is 4.80. The predicted molar refractivity (Wildman–Crippen MR) is 78.4 cm³/mol. The molecule has 1 saturated heterocycles. The lowest BCUT2D eigenvalue weighted by atomic mass is 10.2. The lowest BCUT2D eigenvalue weighted by molar-refractivity contribution is -0.131. The maximum absolute atomic E-state index is 11.9. The van der Waals surface area contributed by atoms with E-state index in [1.165, 1.54) is 7.11 Å². The van der Waals surface area contributed by atoms with Gasteiger partial charge in [-0.3, -0.25) is 9.59 Å². The number of rotatable bonds is 5. The third-order valence-corrected chi connectivity index (χ3v) is 3.25. The molecule has 0 saturated carbocycles. The van der Waals surface area contributed by atoms with Crippen molar-refractivity contribution in [3.8, 4) is 0 Å².